The first kappa shape index (κ1) is 8.05. The van der Waals surface area contributed by atoms with E-state index in [9.17, 15) is 4.79 Å². The van der Waals surface area contributed by atoms with Gasteiger partial charge in [0.2, 0.25) is 0 Å². The van der Waals surface area contributed by atoms with Crippen molar-refractivity contribution < 1.29 is 9.53 Å². The molecule has 0 saturated carbocycles. The fraction of sp³-hybridized carbons (Fsp3) is 0.182. The summed E-state index contributed by atoms with van der Waals surface area (Å²) < 4.78 is 5.02. The van der Waals surface area contributed by atoms with Crippen LogP contribution in [-0.2, 0) is 16.0 Å². The number of benzene rings is 1. The zero-order chi connectivity index (χ0) is 9.10. The Hall–Kier alpha value is -1.57. The highest BCUT2D eigenvalue weighted by Gasteiger charge is 2.16. The van der Waals surface area contributed by atoms with Crippen LogP contribution in [0.1, 0.15) is 5.56 Å². The van der Waals surface area contributed by atoms with Gasteiger partial charge in [-0.25, -0.2) is 4.79 Å². The molecule has 0 amide bonds. The zero-order valence-electron chi connectivity index (χ0n) is 7.14. The Balaban J connectivity index is 2.00. The van der Waals surface area contributed by atoms with Crippen LogP contribution in [-0.4, -0.2) is 12.1 Å². The SMILES string of the molecule is O=C1C=CC(Cc2ccccc2)O1. The van der Waals surface area contributed by atoms with Crippen molar-refractivity contribution in [2.45, 2.75) is 12.5 Å². The predicted octanol–water partition coefficient (Wildman–Crippen LogP) is 1.71. The maximum absolute atomic E-state index is 10.7. The molecule has 1 atom stereocenters. The molecule has 1 unspecified atom stereocenters. The topological polar surface area (TPSA) is 26.3 Å². The maximum atomic E-state index is 10.7. The molecule has 2 heteroatoms. The molecule has 1 aliphatic rings. The molecule has 0 saturated heterocycles. The molecule has 0 N–H and O–H groups in total. The Bertz CT molecular complexity index is 327. The Labute approximate surface area is 76.8 Å². The first-order valence-corrected chi connectivity index (χ1v) is 4.27. The van der Waals surface area contributed by atoms with Gasteiger partial charge in [-0.1, -0.05) is 30.3 Å². The van der Waals surface area contributed by atoms with E-state index in [0.29, 0.717) is 0 Å². The van der Waals surface area contributed by atoms with Crippen molar-refractivity contribution in [3.63, 3.8) is 0 Å². The van der Waals surface area contributed by atoms with Gasteiger partial charge in [0.1, 0.15) is 6.10 Å². The molecular formula is C11H10O2. The molecule has 13 heavy (non-hydrogen) atoms. The van der Waals surface area contributed by atoms with E-state index in [1.165, 1.54) is 11.6 Å². The third-order valence-corrected chi connectivity index (χ3v) is 1.99. The van der Waals surface area contributed by atoms with Crippen LogP contribution >= 0.6 is 0 Å². The molecule has 0 aromatic heterocycles. The van der Waals surface area contributed by atoms with Crippen molar-refractivity contribution >= 4 is 5.97 Å². The second kappa shape index (κ2) is 3.44. The van der Waals surface area contributed by atoms with Gasteiger partial charge in [-0.15, -0.1) is 0 Å². The van der Waals surface area contributed by atoms with Crippen LogP contribution in [0.3, 0.4) is 0 Å². The van der Waals surface area contributed by atoms with Crippen molar-refractivity contribution in [2.75, 3.05) is 0 Å². The van der Waals surface area contributed by atoms with Crippen molar-refractivity contribution in [3.8, 4) is 0 Å². The Morgan fingerprint density at radius 1 is 1.23 bits per heavy atom. The Morgan fingerprint density at radius 2 is 2.00 bits per heavy atom. The minimum atomic E-state index is -0.235. The number of hydrogen-bond acceptors (Lipinski definition) is 2. The van der Waals surface area contributed by atoms with Gasteiger partial charge >= 0.3 is 5.97 Å². The lowest BCUT2D eigenvalue weighted by Crippen LogP contribution is -2.10. The third kappa shape index (κ3) is 1.96. The van der Waals surface area contributed by atoms with Gasteiger partial charge in [-0.3, -0.25) is 0 Å². The average Bonchev–Trinajstić information content (AvgIpc) is 2.53. The van der Waals surface area contributed by atoms with E-state index >= 15 is 0 Å². The molecule has 1 aromatic carbocycles. The number of carbonyl (C=O) groups excluding carboxylic acids is 1. The molecule has 2 rings (SSSR count). The number of cyclic esters (lactones) is 1. The maximum Gasteiger partial charge on any atom is 0.331 e. The van der Waals surface area contributed by atoms with E-state index in [2.05, 4.69) is 0 Å². The predicted molar refractivity (Wildman–Crippen MR) is 49.2 cm³/mol. The zero-order valence-corrected chi connectivity index (χ0v) is 7.14. The van der Waals surface area contributed by atoms with Crippen LogP contribution in [0.25, 0.3) is 0 Å². The summed E-state index contributed by atoms with van der Waals surface area (Å²) in [7, 11) is 0. The summed E-state index contributed by atoms with van der Waals surface area (Å²) >= 11 is 0. The molecular weight excluding hydrogens is 164 g/mol. The number of rotatable bonds is 2. The second-order valence-electron chi connectivity index (χ2n) is 3.02. The van der Waals surface area contributed by atoms with Crippen LogP contribution in [0, 0.1) is 0 Å². The summed E-state index contributed by atoms with van der Waals surface area (Å²) in [5, 5.41) is 0. The highest BCUT2D eigenvalue weighted by atomic mass is 16.5. The third-order valence-electron chi connectivity index (χ3n) is 1.99. The first-order chi connectivity index (χ1) is 6.34. The lowest BCUT2D eigenvalue weighted by Gasteiger charge is -2.07. The van der Waals surface area contributed by atoms with Crippen LogP contribution in [0.4, 0.5) is 0 Å². The Morgan fingerprint density at radius 3 is 2.62 bits per heavy atom. The van der Waals surface area contributed by atoms with Gasteiger partial charge in [0, 0.05) is 12.5 Å². The highest BCUT2D eigenvalue weighted by molar-refractivity contribution is 5.84. The molecule has 1 aliphatic heterocycles. The summed E-state index contributed by atoms with van der Waals surface area (Å²) in [4.78, 5) is 10.7. The molecule has 1 heterocycles. The van der Waals surface area contributed by atoms with E-state index in [1.54, 1.807) is 6.08 Å². The fourth-order valence-electron chi connectivity index (χ4n) is 1.37. The average molecular weight is 174 g/mol. The van der Waals surface area contributed by atoms with Gasteiger partial charge < -0.3 is 4.74 Å². The van der Waals surface area contributed by atoms with Crippen LogP contribution < -0.4 is 0 Å². The quantitative estimate of drug-likeness (QED) is 0.638. The number of hydrogen-bond donors (Lipinski definition) is 0. The van der Waals surface area contributed by atoms with E-state index in [1.807, 2.05) is 30.3 Å². The van der Waals surface area contributed by atoms with Crippen molar-refractivity contribution in [2.24, 2.45) is 0 Å². The van der Waals surface area contributed by atoms with E-state index < -0.39 is 0 Å². The van der Waals surface area contributed by atoms with Crippen molar-refractivity contribution in [1.82, 2.24) is 0 Å². The highest BCUT2D eigenvalue weighted by Crippen LogP contribution is 2.11. The monoisotopic (exact) mass is 174 g/mol. The summed E-state index contributed by atoms with van der Waals surface area (Å²) in [5.41, 5.74) is 1.19. The molecule has 0 spiro atoms. The summed E-state index contributed by atoms with van der Waals surface area (Å²) in [6.45, 7) is 0. The summed E-state index contributed by atoms with van der Waals surface area (Å²) in [6, 6.07) is 9.99. The van der Waals surface area contributed by atoms with Gasteiger partial charge in [0.25, 0.3) is 0 Å². The minimum Gasteiger partial charge on any atom is -0.455 e. The van der Waals surface area contributed by atoms with E-state index in [4.69, 9.17) is 4.74 Å². The van der Waals surface area contributed by atoms with Crippen LogP contribution in [0.5, 0.6) is 0 Å². The summed E-state index contributed by atoms with van der Waals surface area (Å²) in [5.74, 6) is -0.235. The minimum absolute atomic E-state index is 0.0742. The second-order valence-corrected chi connectivity index (χ2v) is 3.02. The molecule has 66 valence electrons. The number of carbonyl (C=O) groups is 1. The molecule has 0 aliphatic carbocycles. The summed E-state index contributed by atoms with van der Waals surface area (Å²) in [6.07, 6.45) is 3.97. The first-order valence-electron chi connectivity index (χ1n) is 4.27. The number of ether oxygens (including phenoxy) is 1. The van der Waals surface area contributed by atoms with Crippen molar-refractivity contribution in [1.29, 1.82) is 0 Å². The standard InChI is InChI=1S/C11H10O2/c12-11-7-6-10(13-11)8-9-4-2-1-3-5-9/h1-7,10H,8H2. The normalized spacial score (nSPS) is 20.3. The lowest BCUT2D eigenvalue weighted by atomic mass is 10.1. The molecule has 0 radical (unpaired) electrons. The largest absolute Gasteiger partial charge is 0.455 e. The lowest BCUT2D eigenvalue weighted by molar-refractivity contribution is -0.138. The van der Waals surface area contributed by atoms with E-state index in [-0.39, 0.29) is 12.1 Å². The molecule has 0 fully saturated rings. The molecule has 1 aromatic rings. The van der Waals surface area contributed by atoms with Gasteiger partial charge in [-0.2, -0.15) is 0 Å². The van der Waals surface area contributed by atoms with E-state index in [0.717, 1.165) is 6.42 Å². The molecule has 0 bridgehead atoms. The Kier molecular flexibility index (Phi) is 2.13. The van der Waals surface area contributed by atoms with Crippen LogP contribution in [0.2, 0.25) is 0 Å². The molecule has 2 nitrogen and oxygen atoms in total. The van der Waals surface area contributed by atoms with Gasteiger partial charge in [0.15, 0.2) is 0 Å². The smallest absolute Gasteiger partial charge is 0.331 e. The van der Waals surface area contributed by atoms with Gasteiger partial charge in [0.05, 0.1) is 0 Å². The van der Waals surface area contributed by atoms with Crippen molar-refractivity contribution in [3.05, 3.63) is 48.0 Å². The number of esters is 1. The van der Waals surface area contributed by atoms with Gasteiger partial charge in [-0.05, 0) is 11.6 Å². The van der Waals surface area contributed by atoms with Crippen LogP contribution in [0.15, 0.2) is 42.5 Å². The fourth-order valence-corrected chi connectivity index (χ4v) is 1.37.